The van der Waals surface area contributed by atoms with Gasteiger partial charge in [0.2, 0.25) is 0 Å². The van der Waals surface area contributed by atoms with Crippen molar-refractivity contribution in [2.75, 3.05) is 26.4 Å². The number of hydrogen-bond donors (Lipinski definition) is 3. The highest BCUT2D eigenvalue weighted by atomic mass is 16.5. The van der Waals surface area contributed by atoms with Crippen LogP contribution in [-0.4, -0.2) is 59.9 Å². The van der Waals surface area contributed by atoms with E-state index in [2.05, 4.69) is 0 Å². The summed E-state index contributed by atoms with van der Waals surface area (Å²) in [7, 11) is 0. The van der Waals surface area contributed by atoms with Crippen LogP contribution in [0.25, 0.3) is 0 Å². The number of hydrogen-bond acceptors (Lipinski definition) is 5. The molecule has 0 saturated heterocycles. The summed E-state index contributed by atoms with van der Waals surface area (Å²) in [5, 5.41) is 28.9. The molecular formula is C19H32O6. The highest BCUT2D eigenvalue weighted by Crippen LogP contribution is 2.51. The molecule has 2 aliphatic carbocycles. The van der Waals surface area contributed by atoms with Crippen LogP contribution in [0.5, 0.6) is 0 Å². The number of carboxylic acid groups (broad SMARTS) is 1. The molecule has 25 heavy (non-hydrogen) atoms. The summed E-state index contributed by atoms with van der Waals surface area (Å²) >= 11 is 0. The van der Waals surface area contributed by atoms with Gasteiger partial charge in [-0.2, -0.15) is 0 Å². The van der Waals surface area contributed by atoms with E-state index < -0.39 is 12.1 Å². The standard InChI is InChI=1S/C19H32O6/c1-2-24-8-6-15(20)3-4-16-17-10-13(5-7-25-12-19(22)23)9-14(17)11-18(16)21/h3-4,13-18,20-21H,2,5-12H2,1H3,(H,22,23)/t13?,14-,15?,16-,17+,18-/m0/s1. The predicted octanol–water partition coefficient (Wildman–Crippen LogP) is 1.84. The molecule has 6 nitrogen and oxygen atoms in total. The number of fused-ring (bicyclic) bond motifs is 1. The third kappa shape index (κ3) is 6.37. The lowest BCUT2D eigenvalue weighted by atomic mass is 9.89. The Balaban J connectivity index is 1.76. The van der Waals surface area contributed by atoms with Gasteiger partial charge in [-0.15, -0.1) is 0 Å². The number of aliphatic hydroxyl groups is 2. The monoisotopic (exact) mass is 356 g/mol. The highest BCUT2D eigenvalue weighted by molar-refractivity contribution is 5.67. The van der Waals surface area contributed by atoms with Crippen LogP contribution in [0, 0.1) is 23.7 Å². The largest absolute Gasteiger partial charge is 0.480 e. The van der Waals surface area contributed by atoms with Crippen molar-refractivity contribution < 1.29 is 29.6 Å². The maximum atomic E-state index is 10.5. The molecule has 2 rings (SSSR count). The van der Waals surface area contributed by atoms with Gasteiger partial charge < -0.3 is 24.8 Å². The van der Waals surface area contributed by atoms with Crippen molar-refractivity contribution >= 4 is 5.97 Å². The molecule has 2 aliphatic rings. The molecule has 0 aromatic rings. The zero-order chi connectivity index (χ0) is 18.2. The second-order valence-electron chi connectivity index (χ2n) is 7.31. The summed E-state index contributed by atoms with van der Waals surface area (Å²) in [6.45, 7) is 3.37. The van der Waals surface area contributed by atoms with Crippen LogP contribution in [0.4, 0.5) is 0 Å². The first-order valence-electron chi connectivity index (χ1n) is 9.43. The number of aliphatic hydroxyl groups excluding tert-OH is 2. The lowest BCUT2D eigenvalue weighted by molar-refractivity contribution is -0.142. The molecule has 0 bridgehead atoms. The Bertz CT molecular complexity index is 438. The van der Waals surface area contributed by atoms with Crippen molar-refractivity contribution in [3.63, 3.8) is 0 Å². The van der Waals surface area contributed by atoms with Crippen LogP contribution in [0.15, 0.2) is 12.2 Å². The van der Waals surface area contributed by atoms with Crippen LogP contribution in [-0.2, 0) is 14.3 Å². The van der Waals surface area contributed by atoms with E-state index in [9.17, 15) is 15.0 Å². The second kappa shape index (κ2) is 10.3. The zero-order valence-electron chi connectivity index (χ0n) is 15.0. The van der Waals surface area contributed by atoms with Crippen molar-refractivity contribution in [1.82, 2.24) is 0 Å². The first kappa shape index (κ1) is 20.4. The maximum Gasteiger partial charge on any atom is 0.329 e. The maximum absolute atomic E-state index is 10.5. The molecule has 6 atom stereocenters. The van der Waals surface area contributed by atoms with Gasteiger partial charge in [-0.1, -0.05) is 12.2 Å². The summed E-state index contributed by atoms with van der Waals surface area (Å²) in [6.07, 6.45) is 7.34. The Labute approximate surface area is 149 Å². The Morgan fingerprint density at radius 1 is 1.24 bits per heavy atom. The number of rotatable bonds is 11. The molecule has 144 valence electrons. The molecule has 0 amide bonds. The van der Waals surface area contributed by atoms with Gasteiger partial charge in [0.15, 0.2) is 0 Å². The van der Waals surface area contributed by atoms with E-state index in [1.807, 2.05) is 13.0 Å². The van der Waals surface area contributed by atoms with Gasteiger partial charge in [0.25, 0.3) is 0 Å². The van der Waals surface area contributed by atoms with E-state index in [4.69, 9.17) is 14.6 Å². The quantitative estimate of drug-likeness (QED) is 0.386. The van der Waals surface area contributed by atoms with Gasteiger partial charge in [0.1, 0.15) is 6.61 Å². The van der Waals surface area contributed by atoms with Gasteiger partial charge in [-0.3, -0.25) is 0 Å². The average molecular weight is 356 g/mol. The van der Waals surface area contributed by atoms with Gasteiger partial charge in [-0.05, 0) is 50.4 Å². The van der Waals surface area contributed by atoms with E-state index in [0.717, 1.165) is 25.7 Å². The second-order valence-corrected chi connectivity index (χ2v) is 7.31. The Kier molecular flexibility index (Phi) is 8.36. The van der Waals surface area contributed by atoms with Crippen molar-refractivity contribution in [3.8, 4) is 0 Å². The Morgan fingerprint density at radius 2 is 2.04 bits per heavy atom. The molecule has 0 radical (unpaired) electrons. The van der Waals surface area contributed by atoms with Crippen LogP contribution in [0.1, 0.15) is 39.0 Å². The zero-order valence-corrected chi connectivity index (χ0v) is 15.0. The number of aliphatic carboxylic acids is 1. The van der Waals surface area contributed by atoms with E-state index >= 15 is 0 Å². The summed E-state index contributed by atoms with van der Waals surface area (Å²) in [5.74, 6) is 0.691. The fourth-order valence-corrected chi connectivity index (χ4v) is 4.39. The predicted molar refractivity (Wildman–Crippen MR) is 93.1 cm³/mol. The summed E-state index contributed by atoms with van der Waals surface area (Å²) < 4.78 is 10.4. The summed E-state index contributed by atoms with van der Waals surface area (Å²) in [4.78, 5) is 10.5. The van der Waals surface area contributed by atoms with Gasteiger partial charge in [0, 0.05) is 32.2 Å². The molecule has 0 aromatic heterocycles. The van der Waals surface area contributed by atoms with E-state index in [-0.39, 0.29) is 18.6 Å². The first-order chi connectivity index (χ1) is 12.0. The summed E-state index contributed by atoms with van der Waals surface area (Å²) in [6, 6.07) is 0. The summed E-state index contributed by atoms with van der Waals surface area (Å²) in [5.41, 5.74) is 0. The third-order valence-corrected chi connectivity index (χ3v) is 5.54. The van der Waals surface area contributed by atoms with E-state index in [1.54, 1.807) is 6.08 Å². The molecule has 0 aliphatic heterocycles. The minimum Gasteiger partial charge on any atom is -0.480 e. The van der Waals surface area contributed by atoms with Crippen LogP contribution in [0.2, 0.25) is 0 Å². The Morgan fingerprint density at radius 3 is 2.76 bits per heavy atom. The van der Waals surface area contributed by atoms with Gasteiger partial charge in [-0.25, -0.2) is 4.79 Å². The minimum atomic E-state index is -0.931. The third-order valence-electron chi connectivity index (χ3n) is 5.54. The lowest BCUT2D eigenvalue weighted by Gasteiger charge is -2.19. The molecule has 3 N–H and O–H groups in total. The molecule has 0 heterocycles. The van der Waals surface area contributed by atoms with Crippen molar-refractivity contribution in [2.45, 2.75) is 51.2 Å². The topological polar surface area (TPSA) is 96.2 Å². The highest BCUT2D eigenvalue weighted by Gasteiger charge is 2.46. The smallest absolute Gasteiger partial charge is 0.329 e. The normalized spacial score (nSPS) is 33.0. The molecular weight excluding hydrogens is 324 g/mol. The fourth-order valence-electron chi connectivity index (χ4n) is 4.39. The van der Waals surface area contributed by atoms with Crippen LogP contribution in [0.3, 0.4) is 0 Å². The number of carbonyl (C=O) groups is 1. The van der Waals surface area contributed by atoms with E-state index in [0.29, 0.717) is 44.0 Å². The molecule has 0 spiro atoms. The first-order valence-corrected chi connectivity index (χ1v) is 9.43. The molecule has 6 heteroatoms. The van der Waals surface area contributed by atoms with Crippen LogP contribution < -0.4 is 0 Å². The van der Waals surface area contributed by atoms with E-state index in [1.165, 1.54) is 0 Å². The number of carboxylic acids is 1. The Hall–Kier alpha value is -0.950. The lowest BCUT2D eigenvalue weighted by Crippen LogP contribution is -2.19. The molecule has 0 aromatic carbocycles. The van der Waals surface area contributed by atoms with Crippen LogP contribution >= 0.6 is 0 Å². The van der Waals surface area contributed by atoms with Crippen molar-refractivity contribution in [3.05, 3.63) is 12.2 Å². The molecule has 2 fully saturated rings. The van der Waals surface area contributed by atoms with Gasteiger partial charge in [0.05, 0.1) is 12.2 Å². The SMILES string of the molecule is CCOCCC(O)C=C[C@H]1[C@@H]2CC(CCOCC(=O)O)C[C@H]2C[C@@H]1O. The van der Waals surface area contributed by atoms with Gasteiger partial charge >= 0.3 is 5.97 Å². The average Bonchev–Trinajstić information content (AvgIpc) is 3.06. The fraction of sp³-hybridized carbons (Fsp3) is 0.842. The molecule has 2 saturated carbocycles. The van der Waals surface area contributed by atoms with Crippen molar-refractivity contribution in [1.29, 1.82) is 0 Å². The molecule has 2 unspecified atom stereocenters. The number of ether oxygens (including phenoxy) is 2. The minimum absolute atomic E-state index is 0.108. The van der Waals surface area contributed by atoms with Crippen molar-refractivity contribution in [2.24, 2.45) is 23.7 Å².